The maximum atomic E-state index is 13.3. The highest BCUT2D eigenvalue weighted by atomic mass is 35.5. The maximum absolute atomic E-state index is 13.3. The molecule has 0 bridgehead atoms. The summed E-state index contributed by atoms with van der Waals surface area (Å²) in [6.45, 7) is 0. The third kappa shape index (κ3) is 1.76. The number of halogens is 2. The van der Waals surface area contributed by atoms with E-state index in [2.05, 4.69) is 9.97 Å². The average molecular weight is 229 g/mol. The molecule has 0 saturated carbocycles. The van der Waals surface area contributed by atoms with E-state index in [-0.39, 0.29) is 11.5 Å². The van der Waals surface area contributed by atoms with Crippen molar-refractivity contribution in [2.75, 3.05) is 0 Å². The molecule has 0 saturated heterocycles. The Kier molecular flexibility index (Phi) is 2.74. The Morgan fingerprint density at radius 2 is 2.29 bits per heavy atom. The van der Waals surface area contributed by atoms with E-state index in [4.69, 9.17) is 11.6 Å². The van der Waals surface area contributed by atoms with Gasteiger partial charge in [0.25, 0.3) is 0 Å². The molecule has 0 aliphatic heterocycles. The van der Waals surface area contributed by atoms with Crippen LogP contribution < -0.4 is 0 Å². The smallest absolute Gasteiger partial charge is 0.151 e. The van der Waals surface area contributed by atoms with Crippen molar-refractivity contribution < 1.29 is 4.39 Å². The van der Waals surface area contributed by atoms with E-state index in [1.807, 2.05) is 0 Å². The minimum Gasteiger partial charge on any atom is -0.251 e. The predicted molar refractivity (Wildman–Crippen MR) is 54.9 cm³/mol. The van der Waals surface area contributed by atoms with Gasteiger partial charge in [-0.15, -0.1) is 22.9 Å². The third-order valence-corrected chi connectivity index (χ3v) is 3.10. The number of rotatable bonds is 2. The van der Waals surface area contributed by atoms with Crippen LogP contribution in [-0.2, 0) is 5.88 Å². The van der Waals surface area contributed by atoms with Crippen molar-refractivity contribution in [1.82, 2.24) is 9.97 Å². The van der Waals surface area contributed by atoms with Crippen LogP contribution in [0.3, 0.4) is 0 Å². The van der Waals surface area contributed by atoms with Crippen molar-refractivity contribution in [3.8, 4) is 10.7 Å². The van der Waals surface area contributed by atoms with Gasteiger partial charge in [-0.2, -0.15) is 0 Å². The Morgan fingerprint density at radius 3 is 2.93 bits per heavy atom. The molecule has 0 amide bonds. The van der Waals surface area contributed by atoms with E-state index in [9.17, 15) is 4.39 Å². The molecule has 2 nitrogen and oxygen atoms in total. The Morgan fingerprint density at radius 1 is 1.43 bits per heavy atom. The van der Waals surface area contributed by atoms with Crippen LogP contribution in [0.1, 0.15) is 4.88 Å². The fraction of sp³-hybridized carbons (Fsp3) is 0.111. The molecular weight excluding hydrogens is 223 g/mol. The summed E-state index contributed by atoms with van der Waals surface area (Å²) in [5.74, 6) is 0.0366. The molecule has 2 aromatic rings. The third-order valence-electron chi connectivity index (χ3n) is 1.65. The molecular formula is C9H6ClFN2S. The van der Waals surface area contributed by atoms with E-state index in [1.165, 1.54) is 17.4 Å². The highest BCUT2D eigenvalue weighted by molar-refractivity contribution is 7.15. The van der Waals surface area contributed by atoms with E-state index in [0.29, 0.717) is 10.9 Å². The van der Waals surface area contributed by atoms with Crippen molar-refractivity contribution >= 4 is 22.9 Å². The van der Waals surface area contributed by atoms with E-state index in [0.717, 1.165) is 4.88 Å². The van der Waals surface area contributed by atoms with Gasteiger partial charge in [0.1, 0.15) is 10.7 Å². The largest absolute Gasteiger partial charge is 0.251 e. The maximum Gasteiger partial charge on any atom is 0.151 e. The zero-order valence-corrected chi connectivity index (χ0v) is 8.65. The molecule has 72 valence electrons. The lowest BCUT2D eigenvalue weighted by molar-refractivity contribution is 0.625. The first-order valence-corrected chi connectivity index (χ1v) is 5.28. The van der Waals surface area contributed by atoms with Gasteiger partial charge in [-0.3, -0.25) is 4.98 Å². The second-order valence-electron chi connectivity index (χ2n) is 2.60. The van der Waals surface area contributed by atoms with Gasteiger partial charge in [-0.25, -0.2) is 9.37 Å². The van der Waals surface area contributed by atoms with Crippen LogP contribution in [0.15, 0.2) is 24.5 Å². The summed E-state index contributed by atoms with van der Waals surface area (Å²) in [6.07, 6.45) is 3.18. The lowest BCUT2D eigenvalue weighted by Crippen LogP contribution is -1.86. The van der Waals surface area contributed by atoms with Gasteiger partial charge in [-0.1, -0.05) is 0 Å². The fourth-order valence-corrected chi connectivity index (χ4v) is 2.02. The van der Waals surface area contributed by atoms with Crippen LogP contribution in [-0.4, -0.2) is 9.97 Å². The standard InChI is InChI=1S/C9H6ClFN2S/c10-4-6-5-13-9(14-6)8-7(11)2-1-3-12-8/h1-3,5H,4H2. The minimum absolute atomic E-state index is 0.286. The zero-order valence-electron chi connectivity index (χ0n) is 7.08. The molecule has 5 heteroatoms. The Balaban J connectivity index is 2.44. The van der Waals surface area contributed by atoms with Gasteiger partial charge < -0.3 is 0 Å². The van der Waals surface area contributed by atoms with E-state index in [1.54, 1.807) is 18.5 Å². The molecule has 2 rings (SSSR count). The molecule has 2 heterocycles. The summed E-state index contributed by atoms with van der Waals surface area (Å²) in [5, 5.41) is 0.568. The molecule has 0 N–H and O–H groups in total. The number of nitrogens with zero attached hydrogens (tertiary/aromatic N) is 2. The molecule has 0 aliphatic carbocycles. The molecule has 0 spiro atoms. The van der Waals surface area contributed by atoms with Gasteiger partial charge in [-0.05, 0) is 12.1 Å². The Labute approximate surface area is 89.4 Å². The van der Waals surface area contributed by atoms with Crippen molar-refractivity contribution in [3.05, 3.63) is 35.2 Å². The molecule has 0 radical (unpaired) electrons. The molecule has 0 aliphatic rings. The first kappa shape index (κ1) is 9.55. The number of alkyl halides is 1. The average Bonchev–Trinajstić information content (AvgIpc) is 2.67. The number of pyridine rings is 1. The molecule has 0 unspecified atom stereocenters. The molecule has 0 aromatic carbocycles. The SMILES string of the molecule is Fc1cccnc1-c1ncc(CCl)s1. The topological polar surface area (TPSA) is 25.8 Å². The van der Waals surface area contributed by atoms with Gasteiger partial charge in [0.05, 0.1) is 5.88 Å². The minimum atomic E-state index is -0.358. The molecule has 0 fully saturated rings. The number of hydrogen-bond acceptors (Lipinski definition) is 3. The fourth-order valence-electron chi connectivity index (χ4n) is 1.02. The summed E-state index contributed by atoms with van der Waals surface area (Å²) in [7, 11) is 0. The predicted octanol–water partition coefficient (Wildman–Crippen LogP) is 3.08. The molecule has 14 heavy (non-hydrogen) atoms. The lowest BCUT2D eigenvalue weighted by atomic mass is 10.3. The van der Waals surface area contributed by atoms with Gasteiger partial charge in [0, 0.05) is 17.3 Å². The van der Waals surface area contributed by atoms with E-state index >= 15 is 0 Å². The second kappa shape index (κ2) is 4.02. The van der Waals surface area contributed by atoms with Crippen molar-refractivity contribution in [2.24, 2.45) is 0 Å². The first-order chi connectivity index (χ1) is 6.81. The van der Waals surface area contributed by atoms with Crippen LogP contribution in [0.5, 0.6) is 0 Å². The summed E-state index contributed by atoms with van der Waals surface area (Å²) in [5.41, 5.74) is 0.286. The van der Waals surface area contributed by atoms with Crippen molar-refractivity contribution in [1.29, 1.82) is 0 Å². The summed E-state index contributed by atoms with van der Waals surface area (Å²) >= 11 is 6.98. The van der Waals surface area contributed by atoms with Crippen LogP contribution in [0, 0.1) is 5.82 Å². The van der Waals surface area contributed by atoms with Gasteiger partial charge in [0.2, 0.25) is 0 Å². The molecule has 0 atom stereocenters. The number of thiazole rings is 1. The zero-order chi connectivity index (χ0) is 9.97. The number of aromatic nitrogens is 2. The Hall–Kier alpha value is -1.000. The van der Waals surface area contributed by atoms with E-state index < -0.39 is 0 Å². The highest BCUT2D eigenvalue weighted by Gasteiger charge is 2.09. The van der Waals surface area contributed by atoms with Crippen LogP contribution in [0.4, 0.5) is 4.39 Å². The normalized spacial score (nSPS) is 10.4. The first-order valence-electron chi connectivity index (χ1n) is 3.93. The van der Waals surface area contributed by atoms with Crippen molar-refractivity contribution in [2.45, 2.75) is 5.88 Å². The Bertz CT molecular complexity index is 444. The molecule has 2 aromatic heterocycles. The summed E-state index contributed by atoms with van der Waals surface area (Å²) in [6, 6.07) is 2.92. The van der Waals surface area contributed by atoms with Crippen LogP contribution in [0.25, 0.3) is 10.7 Å². The quantitative estimate of drug-likeness (QED) is 0.739. The lowest BCUT2D eigenvalue weighted by Gasteiger charge is -1.95. The van der Waals surface area contributed by atoms with Crippen LogP contribution in [0.2, 0.25) is 0 Å². The highest BCUT2D eigenvalue weighted by Crippen LogP contribution is 2.25. The van der Waals surface area contributed by atoms with Gasteiger partial charge in [0.15, 0.2) is 5.82 Å². The second-order valence-corrected chi connectivity index (χ2v) is 3.98. The monoisotopic (exact) mass is 228 g/mol. The number of hydrogen-bond donors (Lipinski definition) is 0. The van der Waals surface area contributed by atoms with Crippen molar-refractivity contribution in [3.63, 3.8) is 0 Å². The van der Waals surface area contributed by atoms with Gasteiger partial charge >= 0.3 is 0 Å². The summed E-state index contributed by atoms with van der Waals surface area (Å²) < 4.78 is 13.3. The summed E-state index contributed by atoms with van der Waals surface area (Å²) in [4.78, 5) is 8.88. The van der Waals surface area contributed by atoms with Crippen LogP contribution >= 0.6 is 22.9 Å².